The number of alkyl halides is 6. The van der Waals surface area contributed by atoms with Crippen molar-refractivity contribution in [3.05, 3.63) is 35.4 Å². The highest BCUT2D eigenvalue weighted by molar-refractivity contribution is 7.22. The molecule has 3 aliphatic rings. The van der Waals surface area contributed by atoms with E-state index in [9.17, 15) is 30.7 Å². The van der Waals surface area contributed by atoms with Gasteiger partial charge in [-0.15, -0.1) is 0 Å². The molecule has 7 nitrogen and oxygen atoms in total. The predicted molar refractivity (Wildman–Crippen MR) is 148 cm³/mol. The minimum atomic E-state index is -5.11. The van der Waals surface area contributed by atoms with Gasteiger partial charge < -0.3 is 15.8 Å². The number of hydrogen-bond acceptors (Lipinski definition) is 8. The first-order chi connectivity index (χ1) is 20.7. The Hall–Kier alpha value is -3.53. The Balaban J connectivity index is 1.39. The van der Waals surface area contributed by atoms with Crippen LogP contribution in [0.5, 0.6) is 6.01 Å². The van der Waals surface area contributed by atoms with Crippen LogP contribution in [0.4, 0.5) is 46.1 Å². The number of ether oxygens (including phenoxy) is 1. The van der Waals surface area contributed by atoms with Crippen LogP contribution in [-0.4, -0.2) is 63.2 Å². The number of nitrogen functional groups attached to an aromatic ring is 1. The van der Waals surface area contributed by atoms with Crippen LogP contribution >= 0.6 is 11.3 Å². The van der Waals surface area contributed by atoms with E-state index in [0.717, 1.165) is 18.6 Å². The van der Waals surface area contributed by atoms with Gasteiger partial charge in [-0.25, -0.2) is 26.9 Å². The molecule has 0 unspecified atom stereocenters. The second-order valence-corrected chi connectivity index (χ2v) is 12.7. The van der Waals surface area contributed by atoms with Crippen LogP contribution < -0.4 is 15.8 Å². The maximum atomic E-state index is 16.5. The van der Waals surface area contributed by atoms with Gasteiger partial charge in [-0.2, -0.15) is 23.1 Å². The molecule has 234 valence electrons. The topological polar surface area (TPSA) is 89.2 Å². The molecule has 44 heavy (non-hydrogen) atoms. The number of halogens is 8. The summed E-state index contributed by atoms with van der Waals surface area (Å²) in [6.07, 6.45) is -5.74. The highest BCUT2D eigenvalue weighted by Gasteiger charge is 2.50. The standard InChI is InChI=1S/C28H24F8N6OS/c29-12-7-26(4-1-5-42(26)10-12)11-43-25-40-20-15(23(41-25)38-13-8-27(32,33)9-13)6-16(28(34,35)36)18(19(20)31)14-2-3-17(30)22-21(14)39-24(37)44-22/h2-3,6,12-13H,1,4-5,7-11H2,(H2,37,39)(H,38,40,41)/t12-,26+/m1/s1. The summed E-state index contributed by atoms with van der Waals surface area (Å²) in [4.78, 5) is 14.2. The summed E-state index contributed by atoms with van der Waals surface area (Å²) in [5.41, 5.74) is 1.49. The van der Waals surface area contributed by atoms with Crippen LogP contribution in [0, 0.1) is 11.6 Å². The summed E-state index contributed by atoms with van der Waals surface area (Å²) in [5.74, 6) is -5.50. The van der Waals surface area contributed by atoms with Crippen LogP contribution in [-0.2, 0) is 6.18 Å². The van der Waals surface area contributed by atoms with Gasteiger partial charge in [0.1, 0.15) is 29.9 Å². The lowest BCUT2D eigenvalue weighted by Gasteiger charge is -2.36. The third kappa shape index (κ3) is 4.86. The Labute approximate surface area is 248 Å². The molecular weight excluding hydrogens is 620 g/mol. The Morgan fingerprint density at radius 1 is 1.09 bits per heavy atom. The molecule has 2 aromatic heterocycles. The SMILES string of the molecule is Nc1nc2c(-c3c(C(F)(F)F)cc4c(NC5CC(F)(F)C5)nc(OC[C@@]56CCCN5C[C@H](F)C6)nc4c3F)ccc(F)c2s1. The molecule has 2 aromatic carbocycles. The highest BCUT2D eigenvalue weighted by Crippen LogP contribution is 2.47. The summed E-state index contributed by atoms with van der Waals surface area (Å²) in [6.45, 7) is 0.832. The molecule has 0 radical (unpaired) electrons. The summed E-state index contributed by atoms with van der Waals surface area (Å²) in [5, 5.41) is 2.16. The zero-order valence-corrected chi connectivity index (χ0v) is 23.6. The largest absolute Gasteiger partial charge is 0.461 e. The predicted octanol–water partition coefficient (Wildman–Crippen LogP) is 6.95. The van der Waals surface area contributed by atoms with Crippen molar-refractivity contribution in [2.75, 3.05) is 30.7 Å². The smallest absolute Gasteiger partial charge is 0.417 e. The summed E-state index contributed by atoms with van der Waals surface area (Å²) < 4.78 is 122. The van der Waals surface area contributed by atoms with Gasteiger partial charge in [-0.1, -0.05) is 11.3 Å². The Kier molecular flexibility index (Phi) is 6.63. The molecule has 4 heterocycles. The average molecular weight is 645 g/mol. The van der Waals surface area contributed by atoms with E-state index >= 15 is 4.39 Å². The van der Waals surface area contributed by atoms with Crippen LogP contribution in [0.1, 0.15) is 37.7 Å². The number of rotatable bonds is 6. The van der Waals surface area contributed by atoms with Crippen molar-refractivity contribution >= 4 is 43.4 Å². The first-order valence-electron chi connectivity index (χ1n) is 13.9. The number of thiazole rings is 1. The third-order valence-corrected chi connectivity index (χ3v) is 9.55. The lowest BCUT2D eigenvalue weighted by molar-refractivity contribution is -0.137. The van der Waals surface area contributed by atoms with E-state index in [1.807, 2.05) is 4.90 Å². The molecule has 2 atom stereocenters. The maximum absolute atomic E-state index is 16.5. The van der Waals surface area contributed by atoms with E-state index in [-0.39, 0.29) is 46.3 Å². The zero-order chi connectivity index (χ0) is 31.2. The first kappa shape index (κ1) is 29.2. The van der Waals surface area contributed by atoms with Crippen molar-refractivity contribution in [2.24, 2.45) is 0 Å². The molecule has 3 fully saturated rings. The lowest BCUT2D eigenvalue weighted by Crippen LogP contribution is -2.44. The van der Waals surface area contributed by atoms with E-state index in [0.29, 0.717) is 30.4 Å². The molecule has 1 aliphatic carbocycles. The number of anilines is 2. The second kappa shape index (κ2) is 9.99. The molecule has 16 heteroatoms. The molecule has 0 spiro atoms. The maximum Gasteiger partial charge on any atom is 0.417 e. The Bertz CT molecular complexity index is 1790. The lowest BCUT2D eigenvalue weighted by atomic mass is 9.88. The monoisotopic (exact) mass is 644 g/mol. The number of benzene rings is 2. The molecule has 0 amide bonds. The van der Waals surface area contributed by atoms with Crippen molar-refractivity contribution in [3.8, 4) is 17.1 Å². The molecule has 1 saturated carbocycles. The number of aromatic nitrogens is 3. The van der Waals surface area contributed by atoms with Crippen molar-refractivity contribution in [2.45, 2.75) is 62.0 Å². The van der Waals surface area contributed by atoms with Crippen LogP contribution in [0.15, 0.2) is 18.2 Å². The van der Waals surface area contributed by atoms with Crippen LogP contribution in [0.3, 0.4) is 0 Å². The molecule has 3 N–H and O–H groups in total. The molecule has 2 saturated heterocycles. The van der Waals surface area contributed by atoms with E-state index in [4.69, 9.17) is 10.5 Å². The van der Waals surface area contributed by atoms with E-state index in [2.05, 4.69) is 20.3 Å². The fourth-order valence-corrected chi connectivity index (χ4v) is 7.43. The molecule has 4 aromatic rings. The van der Waals surface area contributed by atoms with Gasteiger partial charge in [0.25, 0.3) is 5.92 Å². The number of hydrogen-bond donors (Lipinski definition) is 2. The van der Waals surface area contributed by atoms with Gasteiger partial charge in [0.15, 0.2) is 10.9 Å². The normalized spacial score (nSPS) is 23.8. The quantitative estimate of drug-likeness (QED) is 0.220. The molecular formula is C28H24F8N6OS. The third-order valence-electron chi connectivity index (χ3n) is 8.66. The Morgan fingerprint density at radius 3 is 2.59 bits per heavy atom. The Morgan fingerprint density at radius 2 is 1.86 bits per heavy atom. The van der Waals surface area contributed by atoms with Crippen LogP contribution in [0.25, 0.3) is 32.2 Å². The highest BCUT2D eigenvalue weighted by atomic mass is 32.1. The molecule has 7 rings (SSSR count). The van der Waals surface area contributed by atoms with Crippen molar-refractivity contribution in [1.82, 2.24) is 19.9 Å². The number of nitrogens with zero attached hydrogens (tertiary/aromatic N) is 4. The van der Waals surface area contributed by atoms with E-state index in [1.54, 1.807) is 0 Å². The van der Waals surface area contributed by atoms with Crippen LogP contribution in [0.2, 0.25) is 0 Å². The van der Waals surface area contributed by atoms with Gasteiger partial charge in [-0.05, 0) is 37.6 Å². The number of fused-ring (bicyclic) bond motifs is 3. The first-order valence-corrected chi connectivity index (χ1v) is 14.7. The van der Waals surface area contributed by atoms with E-state index < -0.39 is 82.4 Å². The van der Waals surface area contributed by atoms with Gasteiger partial charge in [-0.3, -0.25) is 4.90 Å². The number of nitrogens with two attached hydrogens (primary N) is 1. The minimum absolute atomic E-state index is 0.0638. The fourth-order valence-electron chi connectivity index (χ4n) is 6.67. The zero-order valence-electron chi connectivity index (χ0n) is 22.8. The van der Waals surface area contributed by atoms with Crippen molar-refractivity contribution in [3.63, 3.8) is 0 Å². The second-order valence-electron chi connectivity index (χ2n) is 11.7. The van der Waals surface area contributed by atoms with Crippen molar-refractivity contribution < 1.29 is 39.9 Å². The molecule has 2 aliphatic heterocycles. The van der Waals surface area contributed by atoms with Gasteiger partial charge in [0.2, 0.25) is 0 Å². The minimum Gasteiger partial charge on any atom is -0.461 e. The molecule has 0 bridgehead atoms. The van der Waals surface area contributed by atoms with E-state index in [1.165, 1.54) is 0 Å². The van der Waals surface area contributed by atoms with Crippen molar-refractivity contribution in [1.29, 1.82) is 0 Å². The average Bonchev–Trinajstić information content (AvgIpc) is 3.58. The number of nitrogens with one attached hydrogen (secondary N) is 1. The fraction of sp³-hybridized carbons (Fsp3) is 0.464. The van der Waals surface area contributed by atoms with Gasteiger partial charge >= 0.3 is 12.2 Å². The summed E-state index contributed by atoms with van der Waals surface area (Å²) in [6, 6.07) is 1.23. The summed E-state index contributed by atoms with van der Waals surface area (Å²) >= 11 is 0.697. The summed E-state index contributed by atoms with van der Waals surface area (Å²) in [7, 11) is 0. The van der Waals surface area contributed by atoms with Gasteiger partial charge in [0.05, 0.1) is 21.3 Å². The van der Waals surface area contributed by atoms with Gasteiger partial charge in [0, 0.05) is 48.4 Å².